The predicted octanol–water partition coefficient (Wildman–Crippen LogP) is 4.20. The van der Waals surface area contributed by atoms with E-state index in [9.17, 15) is 9.59 Å². The molecule has 0 radical (unpaired) electrons. The van der Waals surface area contributed by atoms with Gasteiger partial charge < -0.3 is 14.6 Å². The van der Waals surface area contributed by atoms with Gasteiger partial charge >= 0.3 is 0 Å². The fraction of sp³-hybridized carbons (Fsp3) is 0.100. The van der Waals surface area contributed by atoms with Crippen LogP contribution in [0.4, 0.5) is 11.4 Å². The van der Waals surface area contributed by atoms with Gasteiger partial charge in [0.15, 0.2) is 5.76 Å². The van der Waals surface area contributed by atoms with E-state index < -0.39 is 0 Å². The van der Waals surface area contributed by atoms with Crippen LogP contribution in [0.2, 0.25) is 0 Å². The van der Waals surface area contributed by atoms with Crippen molar-refractivity contribution in [1.82, 2.24) is 0 Å². The number of para-hydroxylation sites is 1. The molecule has 0 atom stereocenters. The molecule has 0 saturated heterocycles. The van der Waals surface area contributed by atoms with Crippen LogP contribution in [-0.4, -0.2) is 18.4 Å². The minimum atomic E-state index is -0.356. The molecular weight excluding hydrogens is 316 g/mol. The second-order valence-electron chi connectivity index (χ2n) is 5.40. The third kappa shape index (κ3) is 3.77. The average molecular weight is 334 g/mol. The zero-order valence-electron chi connectivity index (χ0n) is 13.8. The van der Waals surface area contributed by atoms with Gasteiger partial charge in [0.2, 0.25) is 0 Å². The minimum Gasteiger partial charge on any atom is -0.459 e. The number of furan rings is 1. The van der Waals surface area contributed by atoms with Crippen LogP contribution in [0, 0.1) is 0 Å². The Labute approximate surface area is 145 Å². The lowest BCUT2D eigenvalue weighted by Crippen LogP contribution is -2.30. The lowest BCUT2D eigenvalue weighted by molar-refractivity contribution is 0.0982. The van der Waals surface area contributed by atoms with Crippen molar-refractivity contribution < 1.29 is 14.0 Å². The number of hydrogen-bond acceptors (Lipinski definition) is 3. The third-order valence-electron chi connectivity index (χ3n) is 3.74. The highest BCUT2D eigenvalue weighted by Crippen LogP contribution is 2.19. The van der Waals surface area contributed by atoms with Crippen LogP contribution in [0.5, 0.6) is 0 Å². The highest BCUT2D eigenvalue weighted by molar-refractivity contribution is 6.07. The summed E-state index contributed by atoms with van der Waals surface area (Å²) in [5.74, 6) is -0.260. The summed E-state index contributed by atoms with van der Waals surface area (Å²) < 4.78 is 5.07. The summed E-state index contributed by atoms with van der Waals surface area (Å²) in [5, 5.41) is 2.73. The highest BCUT2D eigenvalue weighted by Gasteiger charge is 2.17. The van der Waals surface area contributed by atoms with Crippen molar-refractivity contribution in [2.24, 2.45) is 0 Å². The fourth-order valence-corrected chi connectivity index (χ4v) is 2.54. The monoisotopic (exact) mass is 334 g/mol. The molecule has 0 spiro atoms. The van der Waals surface area contributed by atoms with Crippen LogP contribution in [0.25, 0.3) is 0 Å². The number of carbonyl (C=O) groups excluding carboxylic acids is 2. The summed E-state index contributed by atoms with van der Waals surface area (Å²) in [6.07, 6.45) is 1.44. The topological polar surface area (TPSA) is 62.6 Å². The standard InChI is InChI=1S/C20H18N2O3/c1-2-22(17-10-4-3-5-11-17)20(24)15-8-6-9-16(14-15)21-19(23)18-12-7-13-25-18/h3-14H,2H2,1H3,(H,21,23). The van der Waals surface area contributed by atoms with Gasteiger partial charge in [0.05, 0.1) is 6.26 Å². The Bertz CT molecular complexity index is 858. The molecule has 2 aromatic carbocycles. The maximum atomic E-state index is 12.8. The molecule has 1 aromatic heterocycles. The van der Waals surface area contributed by atoms with E-state index in [4.69, 9.17) is 4.42 Å². The molecule has 25 heavy (non-hydrogen) atoms. The minimum absolute atomic E-state index is 0.122. The summed E-state index contributed by atoms with van der Waals surface area (Å²) >= 11 is 0. The van der Waals surface area contributed by atoms with Gasteiger partial charge in [-0.2, -0.15) is 0 Å². The molecule has 2 amide bonds. The number of amides is 2. The quantitative estimate of drug-likeness (QED) is 0.760. The van der Waals surface area contributed by atoms with E-state index in [1.54, 1.807) is 41.3 Å². The molecule has 0 fully saturated rings. The number of anilines is 2. The van der Waals surface area contributed by atoms with Crippen LogP contribution >= 0.6 is 0 Å². The van der Waals surface area contributed by atoms with E-state index in [2.05, 4.69) is 5.32 Å². The van der Waals surface area contributed by atoms with Gasteiger partial charge in [0.25, 0.3) is 11.8 Å². The molecule has 1 N–H and O–H groups in total. The van der Waals surface area contributed by atoms with Gasteiger partial charge in [-0.25, -0.2) is 0 Å². The first-order valence-corrected chi connectivity index (χ1v) is 8.01. The molecular formula is C20H18N2O3. The van der Waals surface area contributed by atoms with Crippen molar-refractivity contribution in [3.05, 3.63) is 84.3 Å². The van der Waals surface area contributed by atoms with Gasteiger partial charge in [0, 0.05) is 23.5 Å². The smallest absolute Gasteiger partial charge is 0.291 e. The van der Waals surface area contributed by atoms with E-state index in [0.29, 0.717) is 17.8 Å². The van der Waals surface area contributed by atoms with Gasteiger partial charge in [-0.05, 0) is 49.4 Å². The Morgan fingerprint density at radius 2 is 1.80 bits per heavy atom. The molecule has 0 aliphatic heterocycles. The number of carbonyl (C=O) groups is 2. The summed E-state index contributed by atoms with van der Waals surface area (Å²) in [5.41, 5.74) is 1.87. The number of benzene rings is 2. The number of hydrogen-bond donors (Lipinski definition) is 1. The lowest BCUT2D eigenvalue weighted by atomic mass is 10.1. The maximum absolute atomic E-state index is 12.8. The van der Waals surface area contributed by atoms with Crippen LogP contribution in [0.1, 0.15) is 27.8 Å². The first kappa shape index (κ1) is 16.5. The number of nitrogens with one attached hydrogen (secondary N) is 1. The molecule has 1 heterocycles. The first-order chi connectivity index (χ1) is 12.2. The Kier molecular flexibility index (Phi) is 4.95. The van der Waals surface area contributed by atoms with Crippen molar-refractivity contribution in [2.45, 2.75) is 6.92 Å². The van der Waals surface area contributed by atoms with E-state index in [0.717, 1.165) is 5.69 Å². The van der Waals surface area contributed by atoms with Crippen molar-refractivity contribution in [2.75, 3.05) is 16.8 Å². The van der Waals surface area contributed by atoms with Crippen LogP contribution in [0.3, 0.4) is 0 Å². The molecule has 126 valence electrons. The molecule has 3 rings (SSSR count). The zero-order valence-corrected chi connectivity index (χ0v) is 13.8. The molecule has 5 nitrogen and oxygen atoms in total. The highest BCUT2D eigenvalue weighted by atomic mass is 16.3. The third-order valence-corrected chi connectivity index (χ3v) is 3.74. The van der Waals surface area contributed by atoms with E-state index in [-0.39, 0.29) is 17.6 Å². The maximum Gasteiger partial charge on any atom is 0.291 e. The van der Waals surface area contributed by atoms with Crippen LogP contribution in [0.15, 0.2) is 77.4 Å². The Morgan fingerprint density at radius 3 is 2.48 bits per heavy atom. The van der Waals surface area contributed by atoms with Crippen LogP contribution in [-0.2, 0) is 0 Å². The Balaban J connectivity index is 1.80. The molecule has 0 saturated carbocycles. The summed E-state index contributed by atoms with van der Waals surface area (Å²) in [6.45, 7) is 2.47. The Morgan fingerprint density at radius 1 is 1.00 bits per heavy atom. The van der Waals surface area contributed by atoms with Gasteiger partial charge in [-0.15, -0.1) is 0 Å². The normalized spacial score (nSPS) is 10.3. The van der Waals surface area contributed by atoms with Gasteiger partial charge in [-0.1, -0.05) is 24.3 Å². The number of rotatable bonds is 5. The van der Waals surface area contributed by atoms with E-state index in [1.165, 1.54) is 6.26 Å². The molecule has 0 unspecified atom stereocenters. The largest absolute Gasteiger partial charge is 0.459 e. The Hall–Kier alpha value is -3.34. The molecule has 0 aliphatic rings. The summed E-state index contributed by atoms with van der Waals surface area (Å²) in [4.78, 5) is 26.6. The van der Waals surface area contributed by atoms with Crippen molar-refractivity contribution in [3.8, 4) is 0 Å². The van der Waals surface area contributed by atoms with Gasteiger partial charge in [0.1, 0.15) is 0 Å². The molecule has 5 heteroatoms. The summed E-state index contributed by atoms with van der Waals surface area (Å²) in [7, 11) is 0. The van der Waals surface area contributed by atoms with Crippen molar-refractivity contribution in [1.29, 1.82) is 0 Å². The SMILES string of the molecule is CCN(C(=O)c1cccc(NC(=O)c2ccco2)c1)c1ccccc1. The molecule has 0 aliphatic carbocycles. The van der Waals surface area contributed by atoms with Crippen molar-refractivity contribution in [3.63, 3.8) is 0 Å². The van der Waals surface area contributed by atoms with E-state index >= 15 is 0 Å². The number of nitrogens with zero attached hydrogens (tertiary/aromatic N) is 1. The van der Waals surface area contributed by atoms with Crippen LogP contribution < -0.4 is 10.2 Å². The van der Waals surface area contributed by atoms with Crippen molar-refractivity contribution >= 4 is 23.2 Å². The predicted molar refractivity (Wildman–Crippen MR) is 96.9 cm³/mol. The fourth-order valence-electron chi connectivity index (χ4n) is 2.54. The summed E-state index contributed by atoms with van der Waals surface area (Å²) in [6, 6.07) is 19.6. The molecule has 0 bridgehead atoms. The lowest BCUT2D eigenvalue weighted by Gasteiger charge is -2.21. The molecule has 3 aromatic rings. The zero-order chi connectivity index (χ0) is 17.6. The second kappa shape index (κ2) is 7.49. The van der Waals surface area contributed by atoms with Gasteiger partial charge in [-0.3, -0.25) is 9.59 Å². The van der Waals surface area contributed by atoms with E-state index in [1.807, 2.05) is 37.3 Å². The second-order valence-corrected chi connectivity index (χ2v) is 5.40. The average Bonchev–Trinajstić information content (AvgIpc) is 3.18. The first-order valence-electron chi connectivity index (χ1n) is 8.01.